The van der Waals surface area contributed by atoms with Crippen molar-refractivity contribution in [3.05, 3.63) is 83.4 Å². The van der Waals surface area contributed by atoms with Crippen molar-refractivity contribution in [1.29, 1.82) is 0 Å². The highest BCUT2D eigenvalue weighted by molar-refractivity contribution is 6.34. The maximum absolute atomic E-state index is 6.58. The second kappa shape index (κ2) is 6.74. The first kappa shape index (κ1) is 16.9. The molecule has 0 bridgehead atoms. The Hall–Kier alpha value is -3.22. The smallest absolute Gasteiger partial charge is 0.168 e. The molecular formula is C20H12Cl2N6. The summed E-state index contributed by atoms with van der Waals surface area (Å²) in [4.78, 5) is 9.09. The van der Waals surface area contributed by atoms with Crippen LogP contribution in [0.1, 0.15) is 0 Å². The summed E-state index contributed by atoms with van der Waals surface area (Å²) in [6.45, 7) is 0. The Bertz CT molecular complexity index is 1280. The minimum Gasteiger partial charge on any atom is -0.221 e. The highest BCUT2D eigenvalue weighted by Gasteiger charge is 2.18. The Balaban J connectivity index is 1.68. The summed E-state index contributed by atoms with van der Waals surface area (Å²) in [5.41, 5.74) is 2.92. The van der Waals surface area contributed by atoms with Gasteiger partial charge >= 0.3 is 0 Å². The van der Waals surface area contributed by atoms with Crippen molar-refractivity contribution in [2.24, 2.45) is 0 Å². The molecule has 5 rings (SSSR count). The van der Waals surface area contributed by atoms with E-state index in [1.165, 1.54) is 0 Å². The van der Waals surface area contributed by atoms with Crippen molar-refractivity contribution in [1.82, 2.24) is 29.5 Å². The zero-order chi connectivity index (χ0) is 19.1. The van der Waals surface area contributed by atoms with Crippen LogP contribution in [-0.2, 0) is 0 Å². The van der Waals surface area contributed by atoms with Crippen LogP contribution in [0, 0.1) is 0 Å². The summed E-state index contributed by atoms with van der Waals surface area (Å²) in [6.07, 6.45) is 3.29. The Morgan fingerprint density at radius 1 is 0.679 bits per heavy atom. The van der Waals surface area contributed by atoms with E-state index < -0.39 is 0 Å². The number of nitrogens with zero attached hydrogens (tertiary/aromatic N) is 6. The Kier molecular flexibility index (Phi) is 4.07. The largest absolute Gasteiger partial charge is 0.221 e. The Labute approximate surface area is 170 Å². The fourth-order valence-corrected chi connectivity index (χ4v) is 3.47. The molecule has 0 aliphatic rings. The monoisotopic (exact) mass is 406 g/mol. The number of rotatable bonds is 3. The lowest BCUT2D eigenvalue weighted by atomic mass is 10.3. The molecule has 8 heteroatoms. The molecule has 0 N–H and O–H groups in total. The standard InChI is InChI=1S/C20H12Cl2N6/c21-17-15-11-24-28(14-9-5-2-6-10-14)20(15)26-19(25-17)16-12-23-27(18(16)22)13-7-3-1-4-8-13/h1-12H. The predicted molar refractivity (Wildman–Crippen MR) is 109 cm³/mol. The molecular weight excluding hydrogens is 395 g/mol. The van der Waals surface area contributed by atoms with Crippen molar-refractivity contribution in [3.8, 4) is 22.8 Å². The first-order valence-electron chi connectivity index (χ1n) is 8.48. The van der Waals surface area contributed by atoms with E-state index in [9.17, 15) is 0 Å². The highest BCUT2D eigenvalue weighted by Crippen LogP contribution is 2.31. The maximum Gasteiger partial charge on any atom is 0.168 e. The molecule has 0 saturated heterocycles. The zero-order valence-corrected chi connectivity index (χ0v) is 15.9. The van der Waals surface area contributed by atoms with Gasteiger partial charge in [-0.25, -0.2) is 19.3 Å². The van der Waals surface area contributed by atoms with Gasteiger partial charge in [0, 0.05) is 0 Å². The van der Waals surface area contributed by atoms with E-state index in [2.05, 4.69) is 20.2 Å². The first-order chi connectivity index (χ1) is 13.7. The van der Waals surface area contributed by atoms with Crippen LogP contribution in [0.3, 0.4) is 0 Å². The molecule has 28 heavy (non-hydrogen) atoms. The number of benzene rings is 2. The predicted octanol–water partition coefficient (Wildman–Crippen LogP) is 4.98. The number of halogens is 2. The Morgan fingerprint density at radius 2 is 1.29 bits per heavy atom. The SMILES string of the molecule is Clc1nc(-c2cnn(-c3ccccc3)c2Cl)nc2c1cnn2-c1ccccc1. The molecule has 0 unspecified atom stereocenters. The van der Waals surface area contributed by atoms with Crippen LogP contribution in [0.15, 0.2) is 73.1 Å². The highest BCUT2D eigenvalue weighted by atomic mass is 35.5. The molecule has 136 valence electrons. The lowest BCUT2D eigenvalue weighted by Gasteiger charge is -2.05. The molecule has 0 fully saturated rings. The van der Waals surface area contributed by atoms with Crippen molar-refractivity contribution in [2.45, 2.75) is 0 Å². The summed E-state index contributed by atoms with van der Waals surface area (Å²) < 4.78 is 3.36. The van der Waals surface area contributed by atoms with E-state index >= 15 is 0 Å². The van der Waals surface area contributed by atoms with Crippen LogP contribution in [0.4, 0.5) is 0 Å². The van der Waals surface area contributed by atoms with Crippen molar-refractivity contribution in [2.75, 3.05) is 0 Å². The lowest BCUT2D eigenvalue weighted by molar-refractivity contribution is 0.881. The van der Waals surface area contributed by atoms with Crippen molar-refractivity contribution < 1.29 is 0 Å². The fraction of sp³-hybridized carbons (Fsp3) is 0. The van der Waals surface area contributed by atoms with E-state index in [4.69, 9.17) is 23.2 Å². The van der Waals surface area contributed by atoms with Gasteiger partial charge in [-0.15, -0.1) is 0 Å². The van der Waals surface area contributed by atoms with E-state index in [0.29, 0.717) is 32.7 Å². The average molecular weight is 407 g/mol. The third-order valence-corrected chi connectivity index (χ3v) is 4.99. The normalized spacial score (nSPS) is 11.2. The number of aromatic nitrogens is 6. The van der Waals surface area contributed by atoms with Crippen LogP contribution < -0.4 is 0 Å². The molecule has 5 aromatic rings. The van der Waals surface area contributed by atoms with Gasteiger partial charge in [-0.3, -0.25) is 0 Å². The third-order valence-electron chi connectivity index (χ3n) is 4.33. The summed E-state index contributed by atoms with van der Waals surface area (Å²) in [6, 6.07) is 19.3. The summed E-state index contributed by atoms with van der Waals surface area (Å²) in [5, 5.41) is 10.2. The summed E-state index contributed by atoms with van der Waals surface area (Å²) in [5.74, 6) is 0.391. The maximum atomic E-state index is 6.58. The average Bonchev–Trinajstić information content (AvgIpc) is 3.33. The van der Waals surface area contributed by atoms with E-state index in [0.717, 1.165) is 11.4 Å². The number of fused-ring (bicyclic) bond motifs is 1. The number of para-hydroxylation sites is 2. The first-order valence-corrected chi connectivity index (χ1v) is 9.24. The molecule has 0 amide bonds. The molecule has 0 atom stereocenters. The van der Waals surface area contributed by atoms with Gasteiger partial charge in [-0.05, 0) is 24.3 Å². The van der Waals surface area contributed by atoms with Gasteiger partial charge in [0.25, 0.3) is 0 Å². The summed E-state index contributed by atoms with van der Waals surface area (Å²) in [7, 11) is 0. The third kappa shape index (κ3) is 2.74. The molecule has 0 spiro atoms. The van der Waals surface area contributed by atoms with Crippen LogP contribution in [0.25, 0.3) is 33.8 Å². The van der Waals surface area contributed by atoms with Crippen LogP contribution >= 0.6 is 23.2 Å². The zero-order valence-electron chi connectivity index (χ0n) is 14.4. The van der Waals surface area contributed by atoms with Crippen LogP contribution in [-0.4, -0.2) is 29.5 Å². The van der Waals surface area contributed by atoms with Gasteiger partial charge in [0.2, 0.25) is 0 Å². The minimum absolute atomic E-state index is 0.311. The molecule has 0 radical (unpaired) electrons. The molecule has 0 aliphatic heterocycles. The summed E-state index contributed by atoms with van der Waals surface area (Å²) >= 11 is 13.0. The number of hydrogen-bond acceptors (Lipinski definition) is 4. The molecule has 2 aromatic carbocycles. The number of hydrogen-bond donors (Lipinski definition) is 0. The molecule has 3 heterocycles. The van der Waals surface area contributed by atoms with Gasteiger partial charge in [0.15, 0.2) is 11.5 Å². The Morgan fingerprint density at radius 3 is 1.96 bits per heavy atom. The quantitative estimate of drug-likeness (QED) is 0.396. The van der Waals surface area contributed by atoms with Crippen LogP contribution in [0.5, 0.6) is 0 Å². The van der Waals surface area contributed by atoms with E-state index in [1.54, 1.807) is 21.8 Å². The molecule has 3 aromatic heterocycles. The molecule has 6 nitrogen and oxygen atoms in total. The minimum atomic E-state index is 0.311. The van der Waals surface area contributed by atoms with E-state index in [1.807, 2.05) is 60.7 Å². The second-order valence-corrected chi connectivity index (χ2v) is 6.78. The fourth-order valence-electron chi connectivity index (χ4n) is 2.98. The van der Waals surface area contributed by atoms with Crippen LogP contribution in [0.2, 0.25) is 10.3 Å². The van der Waals surface area contributed by atoms with Crippen molar-refractivity contribution in [3.63, 3.8) is 0 Å². The topological polar surface area (TPSA) is 61.4 Å². The van der Waals surface area contributed by atoms with Gasteiger partial charge < -0.3 is 0 Å². The van der Waals surface area contributed by atoms with Gasteiger partial charge in [-0.1, -0.05) is 59.6 Å². The lowest BCUT2D eigenvalue weighted by Crippen LogP contribution is -1.99. The van der Waals surface area contributed by atoms with Crippen molar-refractivity contribution >= 4 is 34.2 Å². The second-order valence-electron chi connectivity index (χ2n) is 6.06. The van der Waals surface area contributed by atoms with Gasteiger partial charge in [0.1, 0.15) is 10.3 Å². The van der Waals surface area contributed by atoms with Gasteiger partial charge in [-0.2, -0.15) is 10.2 Å². The van der Waals surface area contributed by atoms with Gasteiger partial charge in [0.05, 0.1) is 34.7 Å². The van der Waals surface area contributed by atoms with E-state index in [-0.39, 0.29) is 0 Å². The molecule has 0 saturated carbocycles. The molecule has 0 aliphatic carbocycles.